The van der Waals surface area contributed by atoms with Crippen LogP contribution in [0.2, 0.25) is 0 Å². The molecular weight excluding hydrogens is 420 g/mol. The van der Waals surface area contributed by atoms with Crippen LogP contribution in [0.5, 0.6) is 0 Å². The molecule has 0 aliphatic heterocycles. The summed E-state index contributed by atoms with van der Waals surface area (Å²) in [5, 5.41) is 16.0. The number of sulfone groups is 1. The zero-order chi connectivity index (χ0) is 22.8. The summed E-state index contributed by atoms with van der Waals surface area (Å²) in [6.45, 7) is 3.11. The summed E-state index contributed by atoms with van der Waals surface area (Å²) in [5.74, 6) is -1.03. The van der Waals surface area contributed by atoms with Crippen LogP contribution in [0.3, 0.4) is 0 Å². The summed E-state index contributed by atoms with van der Waals surface area (Å²) < 4.78 is 23.6. The van der Waals surface area contributed by atoms with Crippen LogP contribution in [0.4, 0.5) is 0 Å². The first-order valence-electron chi connectivity index (χ1n) is 9.52. The first-order valence-corrected chi connectivity index (χ1v) is 11.4. The number of aryl methyl sites for hydroxylation is 2. The predicted molar refractivity (Wildman–Crippen MR) is 116 cm³/mol. The van der Waals surface area contributed by atoms with Gasteiger partial charge in [0.05, 0.1) is 11.4 Å². The van der Waals surface area contributed by atoms with Crippen molar-refractivity contribution in [1.29, 1.82) is 0 Å². The van der Waals surface area contributed by atoms with Crippen LogP contribution >= 0.6 is 0 Å². The van der Waals surface area contributed by atoms with Crippen LogP contribution in [-0.4, -0.2) is 45.3 Å². The Morgan fingerprint density at radius 1 is 1.16 bits per heavy atom. The monoisotopic (exact) mass is 444 g/mol. The van der Waals surface area contributed by atoms with Crippen LogP contribution in [-0.2, 0) is 21.2 Å². The molecule has 2 aromatic heterocycles. The van der Waals surface area contributed by atoms with Crippen LogP contribution < -0.4 is 11.0 Å². The Bertz CT molecular complexity index is 1260. The maximum Gasteiger partial charge on any atom is 0.264 e. The minimum atomic E-state index is -3.83. The Morgan fingerprint density at radius 2 is 1.81 bits per heavy atom. The molecule has 0 aliphatic carbocycles. The fraction of sp³-hybridized carbons (Fsp3) is 0.286. The first kappa shape index (κ1) is 22.4. The number of hydrogen-bond acceptors (Lipinski definition) is 6. The molecule has 9 nitrogen and oxygen atoms in total. The van der Waals surface area contributed by atoms with Gasteiger partial charge in [-0.25, -0.2) is 13.9 Å². The minimum Gasteiger partial charge on any atom is -0.315 e. The van der Waals surface area contributed by atoms with E-state index >= 15 is 0 Å². The standard InChI is InChI=1S/C21H24N4O5S/c1-14-12-18(23-22-14)16-6-4-15(5-7-16)17-8-10-25(19(26)13-17)11-9-21(2,20(27)24-28)31(3,29)30/h4-8,10,12-13,28H,9,11H2,1-3H3,(H,22,23)(H,24,27)/t21-/m1/s1. The second kappa shape index (κ2) is 8.48. The fourth-order valence-corrected chi connectivity index (χ4v) is 4.05. The number of carbonyl (C=O) groups excluding carboxylic acids is 1. The molecule has 0 aliphatic rings. The van der Waals surface area contributed by atoms with Crippen LogP contribution in [0.15, 0.2) is 53.5 Å². The van der Waals surface area contributed by atoms with Gasteiger partial charge in [0.25, 0.3) is 11.5 Å². The zero-order valence-electron chi connectivity index (χ0n) is 17.4. The summed E-state index contributed by atoms with van der Waals surface area (Å²) in [4.78, 5) is 24.5. The summed E-state index contributed by atoms with van der Waals surface area (Å²) in [6, 6.07) is 12.8. The number of hydrogen-bond donors (Lipinski definition) is 3. The SMILES string of the molecule is Cc1cc(-c2ccc(-c3ccn(CC[C@](C)(C(=O)NO)S(C)(=O)=O)c(=O)c3)cc2)[nH]n1. The second-order valence-corrected chi connectivity index (χ2v) is 10.1. The smallest absolute Gasteiger partial charge is 0.264 e. The van der Waals surface area contributed by atoms with Crippen molar-refractivity contribution in [1.82, 2.24) is 20.2 Å². The molecule has 3 rings (SSSR count). The van der Waals surface area contributed by atoms with Gasteiger partial charge in [-0.2, -0.15) is 5.10 Å². The summed E-state index contributed by atoms with van der Waals surface area (Å²) >= 11 is 0. The van der Waals surface area contributed by atoms with E-state index in [2.05, 4.69) is 10.2 Å². The van der Waals surface area contributed by atoms with E-state index in [1.165, 1.54) is 23.0 Å². The van der Waals surface area contributed by atoms with Crippen molar-refractivity contribution in [2.75, 3.05) is 6.26 Å². The number of aromatic amines is 1. The van der Waals surface area contributed by atoms with Crippen molar-refractivity contribution < 1.29 is 18.4 Å². The quantitative estimate of drug-likeness (QED) is 0.376. The maximum atomic E-state index is 12.6. The first-order chi connectivity index (χ1) is 14.5. The molecule has 3 aromatic rings. The zero-order valence-corrected chi connectivity index (χ0v) is 18.2. The lowest BCUT2D eigenvalue weighted by Gasteiger charge is -2.25. The molecule has 1 aromatic carbocycles. The van der Waals surface area contributed by atoms with Crippen LogP contribution in [0, 0.1) is 6.92 Å². The largest absolute Gasteiger partial charge is 0.315 e. The van der Waals surface area contributed by atoms with Gasteiger partial charge in [-0.05, 0) is 49.1 Å². The third-order valence-corrected chi connectivity index (χ3v) is 7.49. The number of pyridine rings is 1. The number of aromatic nitrogens is 3. The molecule has 0 spiro atoms. The maximum absolute atomic E-state index is 12.6. The van der Waals surface area contributed by atoms with Gasteiger partial charge in [0, 0.05) is 25.1 Å². The average Bonchev–Trinajstić information content (AvgIpc) is 3.17. The number of nitrogens with zero attached hydrogens (tertiary/aromatic N) is 2. The third kappa shape index (κ3) is 4.59. The van der Waals surface area contributed by atoms with Gasteiger partial charge in [0.1, 0.15) is 0 Å². The molecule has 0 fully saturated rings. The molecular formula is C21H24N4O5S. The lowest BCUT2D eigenvalue weighted by molar-refractivity contribution is -0.131. The molecule has 10 heteroatoms. The van der Waals surface area contributed by atoms with Gasteiger partial charge in [-0.3, -0.25) is 19.9 Å². The summed E-state index contributed by atoms with van der Waals surface area (Å²) in [7, 11) is -3.83. The van der Waals surface area contributed by atoms with Crippen LogP contribution in [0.1, 0.15) is 19.0 Å². The Hall–Kier alpha value is -3.24. The fourth-order valence-electron chi connectivity index (χ4n) is 3.20. The Balaban J connectivity index is 1.80. The van der Waals surface area contributed by atoms with Crippen molar-refractivity contribution in [3.05, 3.63) is 64.7 Å². The topological polar surface area (TPSA) is 134 Å². The lowest BCUT2D eigenvalue weighted by Crippen LogP contribution is -2.49. The molecule has 164 valence electrons. The van der Waals surface area contributed by atoms with Gasteiger partial charge in [-0.15, -0.1) is 0 Å². The van der Waals surface area contributed by atoms with Crippen molar-refractivity contribution in [3.63, 3.8) is 0 Å². The van der Waals surface area contributed by atoms with Gasteiger partial charge < -0.3 is 4.57 Å². The minimum absolute atomic E-state index is 0.00574. The highest BCUT2D eigenvalue weighted by molar-refractivity contribution is 7.92. The van der Waals surface area contributed by atoms with Crippen molar-refractivity contribution in [2.24, 2.45) is 0 Å². The van der Waals surface area contributed by atoms with Crippen molar-refractivity contribution in [3.8, 4) is 22.4 Å². The highest BCUT2D eigenvalue weighted by Gasteiger charge is 2.43. The van der Waals surface area contributed by atoms with Gasteiger partial charge in [0.15, 0.2) is 14.6 Å². The summed E-state index contributed by atoms with van der Waals surface area (Å²) in [5.41, 5.74) is 5.41. The number of nitrogens with one attached hydrogen (secondary N) is 2. The number of rotatable bonds is 7. The molecule has 0 bridgehead atoms. The predicted octanol–water partition coefficient (Wildman–Crippen LogP) is 1.91. The number of hydroxylamine groups is 1. The van der Waals surface area contributed by atoms with E-state index in [0.29, 0.717) is 5.56 Å². The summed E-state index contributed by atoms with van der Waals surface area (Å²) in [6.07, 6.45) is 2.31. The second-order valence-electron chi connectivity index (χ2n) is 7.64. The van der Waals surface area contributed by atoms with E-state index in [9.17, 15) is 18.0 Å². The van der Waals surface area contributed by atoms with E-state index in [0.717, 1.165) is 28.8 Å². The number of benzene rings is 1. The van der Waals surface area contributed by atoms with E-state index in [1.54, 1.807) is 12.3 Å². The van der Waals surface area contributed by atoms with Gasteiger partial charge >= 0.3 is 0 Å². The van der Waals surface area contributed by atoms with Crippen molar-refractivity contribution in [2.45, 2.75) is 31.6 Å². The molecule has 3 N–H and O–H groups in total. The van der Waals surface area contributed by atoms with E-state index in [4.69, 9.17) is 5.21 Å². The lowest BCUT2D eigenvalue weighted by atomic mass is 10.0. The van der Waals surface area contributed by atoms with E-state index in [-0.39, 0.29) is 18.5 Å². The molecule has 0 unspecified atom stereocenters. The molecule has 2 heterocycles. The molecule has 1 atom stereocenters. The normalized spacial score (nSPS) is 13.5. The third-order valence-electron chi connectivity index (χ3n) is 5.46. The molecule has 1 amide bonds. The Morgan fingerprint density at radius 3 is 2.32 bits per heavy atom. The molecule has 0 saturated carbocycles. The van der Waals surface area contributed by atoms with Gasteiger partial charge in [-0.1, -0.05) is 24.3 Å². The number of carbonyl (C=O) groups is 1. The van der Waals surface area contributed by atoms with Crippen LogP contribution in [0.25, 0.3) is 22.4 Å². The molecule has 31 heavy (non-hydrogen) atoms. The molecule has 0 saturated heterocycles. The van der Waals surface area contributed by atoms with Gasteiger partial charge in [0.2, 0.25) is 0 Å². The van der Waals surface area contributed by atoms with E-state index in [1.807, 2.05) is 37.3 Å². The number of amides is 1. The Labute approximate surface area is 179 Å². The molecule has 0 radical (unpaired) electrons. The van der Waals surface area contributed by atoms with Crippen molar-refractivity contribution >= 4 is 15.7 Å². The average molecular weight is 445 g/mol. The van der Waals surface area contributed by atoms with E-state index < -0.39 is 20.5 Å². The highest BCUT2D eigenvalue weighted by Crippen LogP contribution is 2.24. The highest BCUT2D eigenvalue weighted by atomic mass is 32.2. The Kier molecular flexibility index (Phi) is 6.14. The number of H-pyrrole nitrogens is 1.